The quantitative estimate of drug-likeness (QED) is 0.769. The van der Waals surface area contributed by atoms with Gasteiger partial charge in [0, 0.05) is 0 Å². The zero-order valence-corrected chi connectivity index (χ0v) is 13.2. The van der Waals surface area contributed by atoms with Crippen molar-refractivity contribution in [3.8, 4) is 0 Å². The first-order valence-corrected chi connectivity index (χ1v) is 10.3. The van der Waals surface area contributed by atoms with Gasteiger partial charge in [0.1, 0.15) is 0 Å². The third-order valence-electron chi connectivity index (χ3n) is 2.53. The van der Waals surface area contributed by atoms with Gasteiger partial charge in [-0.1, -0.05) is 0 Å². The van der Waals surface area contributed by atoms with Crippen LogP contribution in [0.5, 0.6) is 0 Å². The molecule has 0 aromatic heterocycles. The average molecular weight is 314 g/mol. The molecule has 0 spiro atoms. The van der Waals surface area contributed by atoms with E-state index in [1.165, 1.54) is 10.9 Å². The first-order chi connectivity index (χ1) is 6.55. The van der Waals surface area contributed by atoms with Gasteiger partial charge in [-0.15, -0.1) is 0 Å². The van der Waals surface area contributed by atoms with E-state index in [0.29, 0.717) is 3.43 Å². The Balaban J connectivity index is 0.00000196. The molecule has 0 bridgehead atoms. The van der Waals surface area contributed by atoms with Crippen LogP contribution in [0.3, 0.4) is 0 Å². The first kappa shape index (κ1) is 15.0. The molecular formula is C13H23OSn. The molecule has 1 aromatic rings. The van der Waals surface area contributed by atoms with Gasteiger partial charge in [-0.25, -0.2) is 0 Å². The van der Waals surface area contributed by atoms with Crippen molar-refractivity contribution in [3.05, 3.63) is 30.3 Å². The number of hydrogen-bond acceptors (Lipinski definition) is 0. The zero-order chi connectivity index (χ0) is 10.6. The third kappa shape index (κ3) is 4.56. The van der Waals surface area contributed by atoms with Crippen molar-refractivity contribution in [1.82, 2.24) is 0 Å². The van der Waals surface area contributed by atoms with Crippen molar-refractivity contribution in [2.45, 2.75) is 42.0 Å². The van der Waals surface area contributed by atoms with Crippen LogP contribution < -0.4 is 3.58 Å². The molecule has 0 saturated carbocycles. The van der Waals surface area contributed by atoms with E-state index in [0.717, 1.165) is 0 Å². The maximum absolute atomic E-state index is 2.42. The molecule has 1 aromatic carbocycles. The Bertz CT molecular complexity index is 264. The Morgan fingerprint density at radius 2 is 1.60 bits per heavy atom. The third-order valence-corrected chi connectivity index (χ3v) is 13.5. The Kier molecular flexibility index (Phi) is 6.53. The molecular weight excluding hydrogens is 291 g/mol. The molecule has 1 nitrogen and oxygen atoms in total. The fourth-order valence-electron chi connectivity index (χ4n) is 1.84. The normalized spacial score (nSPS) is 11.3. The van der Waals surface area contributed by atoms with Crippen LogP contribution in [-0.4, -0.2) is 25.2 Å². The first-order valence-electron chi connectivity index (χ1n) is 5.47. The summed E-state index contributed by atoms with van der Waals surface area (Å²) in [7, 11) is 0. The summed E-state index contributed by atoms with van der Waals surface area (Å²) in [5, 5.41) is 0. The number of hydrogen-bond donors (Lipinski definition) is 0. The van der Waals surface area contributed by atoms with Gasteiger partial charge in [0.05, 0.1) is 0 Å². The molecule has 15 heavy (non-hydrogen) atoms. The minimum atomic E-state index is -1.39. The molecule has 0 saturated heterocycles. The molecule has 2 N–H and O–H groups in total. The summed E-state index contributed by atoms with van der Waals surface area (Å²) in [6, 6.07) is 11.2. The molecule has 0 amide bonds. The Hall–Kier alpha value is -0.0213. The maximum atomic E-state index is 2.42. The van der Waals surface area contributed by atoms with E-state index in [9.17, 15) is 0 Å². The molecule has 0 heterocycles. The smallest absolute Gasteiger partial charge is 0.412 e. The van der Waals surface area contributed by atoms with E-state index in [4.69, 9.17) is 0 Å². The molecule has 0 aliphatic heterocycles. The fraction of sp³-hybridized carbons (Fsp3) is 0.538. The van der Waals surface area contributed by atoms with Crippen LogP contribution in [0, 0.1) is 0 Å². The van der Waals surface area contributed by atoms with Crippen LogP contribution in [0.2, 0.25) is 7.87 Å². The van der Waals surface area contributed by atoms with Gasteiger partial charge < -0.3 is 5.48 Å². The number of rotatable bonds is 3. The molecule has 85 valence electrons. The van der Waals surface area contributed by atoms with E-state index >= 15 is 0 Å². The van der Waals surface area contributed by atoms with Gasteiger partial charge in [0.2, 0.25) is 0 Å². The van der Waals surface area contributed by atoms with Gasteiger partial charge in [-0.05, 0) is 0 Å². The van der Waals surface area contributed by atoms with Crippen molar-refractivity contribution in [2.24, 2.45) is 0 Å². The van der Waals surface area contributed by atoms with Crippen molar-refractivity contribution in [3.63, 3.8) is 0 Å². The SMILES string of the molecule is CC[CH2][Sn]([c]1ccccc1)[C](C)(C)C.O. The van der Waals surface area contributed by atoms with Gasteiger partial charge >= 0.3 is 95.7 Å². The van der Waals surface area contributed by atoms with E-state index < -0.39 is 19.8 Å². The van der Waals surface area contributed by atoms with Gasteiger partial charge in [-0.2, -0.15) is 0 Å². The van der Waals surface area contributed by atoms with Crippen LogP contribution in [0.15, 0.2) is 30.3 Å². The summed E-state index contributed by atoms with van der Waals surface area (Å²) in [5.41, 5.74) is 0. The van der Waals surface area contributed by atoms with Crippen LogP contribution in [0.25, 0.3) is 0 Å². The van der Waals surface area contributed by atoms with Crippen molar-refractivity contribution >= 4 is 23.3 Å². The summed E-state index contributed by atoms with van der Waals surface area (Å²) < 4.78 is 3.74. The second kappa shape index (κ2) is 6.54. The van der Waals surface area contributed by atoms with Gasteiger partial charge in [0.25, 0.3) is 0 Å². The van der Waals surface area contributed by atoms with E-state index in [2.05, 4.69) is 58.0 Å². The maximum Gasteiger partial charge on any atom is -0.412 e. The molecule has 0 atom stereocenters. The average Bonchev–Trinajstić information content (AvgIpc) is 2.14. The summed E-state index contributed by atoms with van der Waals surface area (Å²) in [6.45, 7) is 9.58. The standard InChI is InChI=1S/C6H5.C4H9.C3H7.H2O.Sn/c1-2-4-6-5-3-1;1-4(2)3;1-3-2;;/h1-5H;1-3H3;1,3H2,2H3;1H2;. The largest absolute Gasteiger partial charge is 0.412 e. The molecule has 0 fully saturated rings. The van der Waals surface area contributed by atoms with Gasteiger partial charge in [0.15, 0.2) is 0 Å². The van der Waals surface area contributed by atoms with Crippen LogP contribution in [0.1, 0.15) is 34.1 Å². The Morgan fingerprint density at radius 3 is 2.00 bits per heavy atom. The van der Waals surface area contributed by atoms with Crippen LogP contribution in [-0.2, 0) is 0 Å². The van der Waals surface area contributed by atoms with Crippen molar-refractivity contribution in [2.75, 3.05) is 0 Å². The monoisotopic (exact) mass is 315 g/mol. The van der Waals surface area contributed by atoms with Crippen LogP contribution >= 0.6 is 0 Å². The van der Waals surface area contributed by atoms with E-state index in [-0.39, 0.29) is 5.48 Å². The predicted molar refractivity (Wildman–Crippen MR) is 70.3 cm³/mol. The second-order valence-electron chi connectivity index (χ2n) is 4.84. The second-order valence-corrected chi connectivity index (χ2v) is 14.9. The predicted octanol–water partition coefficient (Wildman–Crippen LogP) is 2.77. The summed E-state index contributed by atoms with van der Waals surface area (Å²) in [6.07, 6.45) is 1.35. The fourth-order valence-corrected chi connectivity index (χ4v) is 10.4. The zero-order valence-electron chi connectivity index (χ0n) is 10.3. The Labute approximate surface area is 101 Å². The molecule has 0 aliphatic rings. The Morgan fingerprint density at radius 1 is 1.07 bits per heavy atom. The summed E-state index contributed by atoms with van der Waals surface area (Å²) >= 11 is -1.39. The molecule has 0 unspecified atom stereocenters. The van der Waals surface area contributed by atoms with Crippen LogP contribution in [0.4, 0.5) is 0 Å². The molecule has 1 radical (unpaired) electrons. The van der Waals surface area contributed by atoms with Gasteiger partial charge in [-0.3, -0.25) is 0 Å². The molecule has 1 rings (SSSR count). The summed E-state index contributed by atoms with van der Waals surface area (Å²) in [4.78, 5) is 0. The van der Waals surface area contributed by atoms with Crippen molar-refractivity contribution in [1.29, 1.82) is 0 Å². The topological polar surface area (TPSA) is 31.5 Å². The van der Waals surface area contributed by atoms with Crippen molar-refractivity contribution < 1.29 is 5.48 Å². The molecule has 0 aliphatic carbocycles. The van der Waals surface area contributed by atoms with E-state index in [1.54, 1.807) is 3.58 Å². The minimum absolute atomic E-state index is 0. The minimum Gasteiger partial charge on any atom is -0.412 e. The van der Waals surface area contributed by atoms with E-state index in [1.807, 2.05) is 0 Å². The summed E-state index contributed by atoms with van der Waals surface area (Å²) in [5.74, 6) is 0. The molecule has 2 heteroatoms. The number of benzene rings is 1.